The summed E-state index contributed by atoms with van der Waals surface area (Å²) in [5.74, 6) is -0.345. The Bertz CT molecular complexity index is 430. The first-order chi connectivity index (χ1) is 9.04. The fourth-order valence-corrected chi connectivity index (χ4v) is 2.75. The van der Waals surface area contributed by atoms with E-state index in [4.69, 9.17) is 10.8 Å². The molecule has 1 aliphatic rings. The molecule has 104 valence electrons. The highest BCUT2D eigenvalue weighted by Gasteiger charge is 2.25. The number of carboxylic acid groups (broad SMARTS) is 1. The molecule has 19 heavy (non-hydrogen) atoms. The van der Waals surface area contributed by atoms with Crippen molar-refractivity contribution in [3.63, 3.8) is 0 Å². The van der Waals surface area contributed by atoms with Crippen molar-refractivity contribution in [1.29, 1.82) is 0 Å². The zero-order valence-electron chi connectivity index (χ0n) is 11.4. The SMILES string of the molecule is Cc1ccc(N2CC(N)CC(CCC(=O)O)C2)cc1. The molecule has 2 rings (SSSR count). The van der Waals surface area contributed by atoms with Crippen LogP contribution in [-0.2, 0) is 4.79 Å². The zero-order valence-corrected chi connectivity index (χ0v) is 11.4. The Kier molecular flexibility index (Phi) is 4.43. The lowest BCUT2D eigenvalue weighted by Gasteiger charge is -2.37. The molecule has 1 heterocycles. The van der Waals surface area contributed by atoms with E-state index in [0.29, 0.717) is 12.3 Å². The van der Waals surface area contributed by atoms with Gasteiger partial charge in [0.15, 0.2) is 0 Å². The zero-order chi connectivity index (χ0) is 13.8. The molecule has 0 saturated carbocycles. The number of carbonyl (C=O) groups is 1. The standard InChI is InChI=1S/C15H22N2O2/c1-11-2-5-14(6-3-11)17-9-12(4-7-15(18)19)8-13(16)10-17/h2-3,5-6,12-13H,4,7-10,16H2,1H3,(H,18,19). The summed E-state index contributed by atoms with van der Waals surface area (Å²) >= 11 is 0. The van der Waals surface area contributed by atoms with Crippen molar-refractivity contribution < 1.29 is 9.90 Å². The van der Waals surface area contributed by atoms with Crippen molar-refractivity contribution in [2.24, 2.45) is 11.7 Å². The second kappa shape index (κ2) is 6.06. The van der Waals surface area contributed by atoms with Gasteiger partial charge in [0, 0.05) is 31.2 Å². The predicted octanol–water partition coefficient (Wildman–Crippen LogP) is 2.01. The smallest absolute Gasteiger partial charge is 0.303 e. The fourth-order valence-electron chi connectivity index (χ4n) is 2.75. The van der Waals surface area contributed by atoms with Crippen LogP contribution in [0.5, 0.6) is 0 Å². The van der Waals surface area contributed by atoms with Gasteiger partial charge in [-0.3, -0.25) is 4.79 Å². The largest absolute Gasteiger partial charge is 0.481 e. The summed E-state index contributed by atoms with van der Waals surface area (Å²) in [5, 5.41) is 8.78. The Morgan fingerprint density at radius 2 is 2.05 bits per heavy atom. The number of benzene rings is 1. The molecule has 2 atom stereocenters. The molecule has 0 aromatic heterocycles. The Labute approximate surface area is 114 Å². The van der Waals surface area contributed by atoms with E-state index in [2.05, 4.69) is 36.1 Å². The van der Waals surface area contributed by atoms with E-state index < -0.39 is 5.97 Å². The molecule has 3 N–H and O–H groups in total. The van der Waals surface area contributed by atoms with Gasteiger partial charge < -0.3 is 15.7 Å². The number of hydrogen-bond acceptors (Lipinski definition) is 3. The quantitative estimate of drug-likeness (QED) is 0.871. The predicted molar refractivity (Wildman–Crippen MR) is 76.3 cm³/mol. The van der Waals surface area contributed by atoms with Gasteiger partial charge in [-0.1, -0.05) is 17.7 Å². The van der Waals surface area contributed by atoms with Gasteiger partial charge in [-0.05, 0) is 37.8 Å². The second-order valence-corrected chi connectivity index (χ2v) is 5.53. The first-order valence-corrected chi connectivity index (χ1v) is 6.83. The van der Waals surface area contributed by atoms with Crippen LogP contribution in [0.25, 0.3) is 0 Å². The molecule has 2 unspecified atom stereocenters. The van der Waals surface area contributed by atoms with Gasteiger partial charge in [-0.2, -0.15) is 0 Å². The van der Waals surface area contributed by atoms with Crippen LogP contribution in [0.2, 0.25) is 0 Å². The summed E-state index contributed by atoms with van der Waals surface area (Å²) in [7, 11) is 0. The molecule has 0 spiro atoms. The maximum atomic E-state index is 10.7. The Balaban J connectivity index is 2.00. The van der Waals surface area contributed by atoms with E-state index >= 15 is 0 Å². The summed E-state index contributed by atoms with van der Waals surface area (Å²) in [6.45, 7) is 3.83. The Morgan fingerprint density at radius 1 is 1.37 bits per heavy atom. The van der Waals surface area contributed by atoms with Crippen molar-refractivity contribution in [3.8, 4) is 0 Å². The normalized spacial score (nSPS) is 23.4. The molecule has 0 aliphatic carbocycles. The summed E-state index contributed by atoms with van der Waals surface area (Å²) in [6, 6.07) is 8.56. The average molecular weight is 262 g/mol. The molecule has 1 aliphatic heterocycles. The van der Waals surface area contributed by atoms with Crippen LogP contribution in [0, 0.1) is 12.8 Å². The van der Waals surface area contributed by atoms with Gasteiger partial charge in [0.05, 0.1) is 0 Å². The molecule has 1 aromatic rings. The maximum Gasteiger partial charge on any atom is 0.303 e. The maximum absolute atomic E-state index is 10.7. The molecule has 0 radical (unpaired) electrons. The summed E-state index contributed by atoms with van der Waals surface area (Å²) in [5.41, 5.74) is 8.52. The second-order valence-electron chi connectivity index (χ2n) is 5.53. The van der Waals surface area contributed by atoms with Crippen LogP contribution in [-0.4, -0.2) is 30.2 Å². The molecule has 1 saturated heterocycles. The van der Waals surface area contributed by atoms with Gasteiger partial charge in [0.25, 0.3) is 0 Å². The van der Waals surface area contributed by atoms with Crippen LogP contribution in [0.3, 0.4) is 0 Å². The number of nitrogens with two attached hydrogens (primary N) is 1. The number of piperidine rings is 1. The van der Waals surface area contributed by atoms with Gasteiger partial charge in [-0.15, -0.1) is 0 Å². The number of carboxylic acids is 1. The van der Waals surface area contributed by atoms with Crippen LogP contribution in [0.15, 0.2) is 24.3 Å². The van der Waals surface area contributed by atoms with Crippen LogP contribution < -0.4 is 10.6 Å². The summed E-state index contributed by atoms with van der Waals surface area (Å²) in [4.78, 5) is 12.9. The third-order valence-corrected chi connectivity index (χ3v) is 3.74. The minimum absolute atomic E-state index is 0.133. The summed E-state index contributed by atoms with van der Waals surface area (Å²) < 4.78 is 0. The molecule has 1 aromatic carbocycles. The number of hydrogen-bond donors (Lipinski definition) is 2. The van der Waals surface area contributed by atoms with Crippen LogP contribution in [0.1, 0.15) is 24.8 Å². The van der Waals surface area contributed by atoms with Gasteiger partial charge in [-0.25, -0.2) is 0 Å². The minimum Gasteiger partial charge on any atom is -0.481 e. The topological polar surface area (TPSA) is 66.6 Å². The van der Waals surface area contributed by atoms with Gasteiger partial charge >= 0.3 is 5.97 Å². The fraction of sp³-hybridized carbons (Fsp3) is 0.533. The van der Waals surface area contributed by atoms with E-state index in [1.807, 2.05) is 0 Å². The number of aliphatic carboxylic acids is 1. The van der Waals surface area contributed by atoms with Crippen molar-refractivity contribution in [2.75, 3.05) is 18.0 Å². The van der Waals surface area contributed by atoms with Crippen molar-refractivity contribution in [1.82, 2.24) is 0 Å². The average Bonchev–Trinajstić information content (AvgIpc) is 2.36. The minimum atomic E-state index is -0.721. The van der Waals surface area contributed by atoms with Crippen molar-refractivity contribution in [2.45, 2.75) is 32.2 Å². The molecular formula is C15H22N2O2. The lowest BCUT2D eigenvalue weighted by atomic mass is 9.90. The highest BCUT2D eigenvalue weighted by atomic mass is 16.4. The third kappa shape index (κ3) is 3.96. The molecule has 0 amide bonds. The van der Waals surface area contributed by atoms with Crippen molar-refractivity contribution in [3.05, 3.63) is 29.8 Å². The van der Waals surface area contributed by atoms with Gasteiger partial charge in [0.2, 0.25) is 0 Å². The van der Waals surface area contributed by atoms with E-state index in [9.17, 15) is 4.79 Å². The first-order valence-electron chi connectivity index (χ1n) is 6.83. The molecule has 1 fully saturated rings. The van der Waals surface area contributed by atoms with E-state index in [1.165, 1.54) is 11.3 Å². The van der Waals surface area contributed by atoms with E-state index in [0.717, 1.165) is 19.5 Å². The molecule has 4 heteroatoms. The third-order valence-electron chi connectivity index (χ3n) is 3.74. The lowest BCUT2D eigenvalue weighted by molar-refractivity contribution is -0.137. The number of rotatable bonds is 4. The summed E-state index contributed by atoms with van der Waals surface area (Å²) in [6.07, 6.45) is 1.88. The number of nitrogens with zero attached hydrogens (tertiary/aromatic N) is 1. The monoisotopic (exact) mass is 262 g/mol. The lowest BCUT2D eigenvalue weighted by Crippen LogP contribution is -2.47. The molecular weight excluding hydrogens is 240 g/mol. The van der Waals surface area contributed by atoms with E-state index in [1.54, 1.807) is 0 Å². The van der Waals surface area contributed by atoms with Crippen LogP contribution >= 0.6 is 0 Å². The number of anilines is 1. The highest BCUT2D eigenvalue weighted by Crippen LogP contribution is 2.25. The number of aryl methyl sites for hydroxylation is 1. The van der Waals surface area contributed by atoms with Crippen molar-refractivity contribution >= 4 is 11.7 Å². The molecule has 0 bridgehead atoms. The van der Waals surface area contributed by atoms with E-state index in [-0.39, 0.29) is 12.5 Å². The molecule has 4 nitrogen and oxygen atoms in total. The van der Waals surface area contributed by atoms with Crippen LogP contribution in [0.4, 0.5) is 5.69 Å². The highest BCUT2D eigenvalue weighted by molar-refractivity contribution is 5.66. The Hall–Kier alpha value is -1.55. The van der Waals surface area contributed by atoms with Gasteiger partial charge in [0.1, 0.15) is 0 Å². The Morgan fingerprint density at radius 3 is 2.68 bits per heavy atom. The first kappa shape index (κ1) is 13.9.